The zero-order valence-corrected chi connectivity index (χ0v) is 10.9. The summed E-state index contributed by atoms with van der Waals surface area (Å²) in [5.41, 5.74) is 6.53. The SMILES string of the molecule is CCO[Si](CC)(CC)c1ccc(N)cc1. The molecule has 0 atom stereocenters. The van der Waals surface area contributed by atoms with Crippen LogP contribution in [0.2, 0.25) is 12.1 Å². The smallest absolute Gasteiger partial charge is 0.223 e. The maximum Gasteiger partial charge on any atom is 0.223 e. The Kier molecular flexibility index (Phi) is 4.36. The van der Waals surface area contributed by atoms with Crippen LogP contribution in [0, 0.1) is 0 Å². The molecule has 0 fully saturated rings. The first-order chi connectivity index (χ1) is 7.18. The van der Waals surface area contributed by atoms with E-state index >= 15 is 0 Å². The minimum absolute atomic E-state index is 0.804. The molecular formula is C12H21NOSi. The van der Waals surface area contributed by atoms with E-state index in [1.165, 1.54) is 5.19 Å². The van der Waals surface area contributed by atoms with Gasteiger partial charge in [0.1, 0.15) is 0 Å². The van der Waals surface area contributed by atoms with Crippen molar-refractivity contribution in [2.75, 3.05) is 12.3 Å². The largest absolute Gasteiger partial charge is 0.413 e. The van der Waals surface area contributed by atoms with Crippen LogP contribution in [-0.2, 0) is 4.43 Å². The molecule has 0 heterocycles. The zero-order valence-electron chi connectivity index (χ0n) is 9.92. The van der Waals surface area contributed by atoms with Gasteiger partial charge in [-0.05, 0) is 36.3 Å². The minimum atomic E-state index is -1.70. The van der Waals surface area contributed by atoms with Crippen molar-refractivity contribution in [3.05, 3.63) is 24.3 Å². The second-order valence-corrected chi connectivity index (χ2v) is 8.03. The lowest BCUT2D eigenvalue weighted by Crippen LogP contribution is -2.49. The third-order valence-corrected chi connectivity index (χ3v) is 7.51. The van der Waals surface area contributed by atoms with Gasteiger partial charge in [-0.2, -0.15) is 0 Å². The lowest BCUT2D eigenvalue weighted by Gasteiger charge is -2.29. The van der Waals surface area contributed by atoms with E-state index in [0.29, 0.717) is 0 Å². The Morgan fingerprint density at radius 1 is 1.07 bits per heavy atom. The van der Waals surface area contributed by atoms with Crippen molar-refractivity contribution in [1.82, 2.24) is 0 Å². The second kappa shape index (κ2) is 5.33. The average molecular weight is 223 g/mol. The number of anilines is 1. The molecule has 0 radical (unpaired) electrons. The Hall–Kier alpha value is -0.803. The predicted molar refractivity (Wildman–Crippen MR) is 68.8 cm³/mol. The van der Waals surface area contributed by atoms with Gasteiger partial charge >= 0.3 is 0 Å². The third-order valence-electron chi connectivity index (χ3n) is 3.00. The molecule has 0 aliphatic carbocycles. The summed E-state index contributed by atoms with van der Waals surface area (Å²) in [5.74, 6) is 0. The van der Waals surface area contributed by atoms with Crippen LogP contribution in [-0.4, -0.2) is 14.9 Å². The van der Waals surface area contributed by atoms with Crippen LogP contribution in [0.3, 0.4) is 0 Å². The van der Waals surface area contributed by atoms with Gasteiger partial charge in [-0.1, -0.05) is 26.0 Å². The predicted octanol–water partition coefficient (Wildman–Crippen LogP) is 2.50. The monoisotopic (exact) mass is 223 g/mol. The van der Waals surface area contributed by atoms with Gasteiger partial charge in [0.05, 0.1) is 0 Å². The number of hydrogen-bond acceptors (Lipinski definition) is 2. The van der Waals surface area contributed by atoms with Crippen LogP contribution >= 0.6 is 0 Å². The standard InChI is InChI=1S/C12H21NOSi/c1-4-14-15(5-2,6-3)12-9-7-11(13)8-10-12/h7-10H,4-6,13H2,1-3H3. The molecule has 0 amide bonds. The van der Waals surface area contributed by atoms with Gasteiger partial charge in [-0.25, -0.2) is 0 Å². The highest BCUT2D eigenvalue weighted by Crippen LogP contribution is 2.17. The highest BCUT2D eigenvalue weighted by Gasteiger charge is 2.32. The highest BCUT2D eigenvalue weighted by atomic mass is 28.4. The molecule has 84 valence electrons. The van der Waals surface area contributed by atoms with Gasteiger partial charge < -0.3 is 10.2 Å². The Balaban J connectivity index is 3.02. The number of benzene rings is 1. The minimum Gasteiger partial charge on any atom is -0.413 e. The molecule has 0 spiro atoms. The van der Waals surface area contributed by atoms with Crippen molar-refractivity contribution < 1.29 is 4.43 Å². The first-order valence-electron chi connectivity index (χ1n) is 5.68. The van der Waals surface area contributed by atoms with E-state index in [-0.39, 0.29) is 0 Å². The van der Waals surface area contributed by atoms with Crippen molar-refractivity contribution in [3.8, 4) is 0 Å². The van der Waals surface area contributed by atoms with Crippen LogP contribution in [0.25, 0.3) is 0 Å². The molecule has 1 rings (SSSR count). The summed E-state index contributed by atoms with van der Waals surface area (Å²) < 4.78 is 6.05. The fraction of sp³-hybridized carbons (Fsp3) is 0.500. The number of hydrogen-bond donors (Lipinski definition) is 1. The van der Waals surface area contributed by atoms with Crippen LogP contribution in [0.15, 0.2) is 24.3 Å². The van der Waals surface area contributed by atoms with Crippen LogP contribution in [0.4, 0.5) is 5.69 Å². The molecule has 0 aliphatic heterocycles. The molecule has 0 aliphatic rings. The van der Waals surface area contributed by atoms with Gasteiger partial charge in [-0.3, -0.25) is 0 Å². The van der Waals surface area contributed by atoms with Crippen LogP contribution in [0.1, 0.15) is 20.8 Å². The summed E-state index contributed by atoms with van der Waals surface area (Å²) in [6, 6.07) is 10.5. The summed E-state index contributed by atoms with van der Waals surface area (Å²) in [6.07, 6.45) is 0. The van der Waals surface area contributed by atoms with E-state index in [9.17, 15) is 0 Å². The van der Waals surface area contributed by atoms with Crippen LogP contribution in [0.5, 0.6) is 0 Å². The van der Waals surface area contributed by atoms with E-state index in [1.807, 2.05) is 12.1 Å². The topological polar surface area (TPSA) is 35.2 Å². The van der Waals surface area contributed by atoms with E-state index in [2.05, 4.69) is 32.9 Å². The van der Waals surface area contributed by atoms with Crippen molar-refractivity contribution in [3.63, 3.8) is 0 Å². The number of nitrogen functional groups attached to an aromatic ring is 1. The lowest BCUT2D eigenvalue weighted by molar-refractivity contribution is 0.330. The first kappa shape index (κ1) is 12.3. The van der Waals surface area contributed by atoms with E-state index in [0.717, 1.165) is 24.4 Å². The quantitative estimate of drug-likeness (QED) is 0.615. The molecule has 2 N–H and O–H groups in total. The van der Waals surface area contributed by atoms with E-state index < -0.39 is 8.32 Å². The van der Waals surface area contributed by atoms with Crippen molar-refractivity contribution in [2.24, 2.45) is 0 Å². The molecule has 15 heavy (non-hydrogen) atoms. The summed E-state index contributed by atoms with van der Waals surface area (Å²) in [4.78, 5) is 0. The maximum atomic E-state index is 6.05. The molecule has 1 aromatic rings. The lowest BCUT2D eigenvalue weighted by atomic mass is 10.3. The van der Waals surface area contributed by atoms with Crippen LogP contribution < -0.4 is 10.9 Å². The third kappa shape index (κ3) is 2.61. The Bertz CT molecular complexity index is 293. The van der Waals surface area contributed by atoms with Crippen molar-refractivity contribution in [2.45, 2.75) is 32.9 Å². The zero-order chi connectivity index (χ0) is 11.3. The summed E-state index contributed by atoms with van der Waals surface area (Å²) in [6.45, 7) is 7.33. The van der Waals surface area contributed by atoms with Crippen molar-refractivity contribution >= 4 is 19.2 Å². The molecule has 0 bridgehead atoms. The summed E-state index contributed by atoms with van der Waals surface area (Å²) in [7, 11) is -1.70. The molecule has 0 saturated carbocycles. The molecule has 3 heteroatoms. The van der Waals surface area contributed by atoms with Gasteiger partial charge in [0.15, 0.2) is 0 Å². The van der Waals surface area contributed by atoms with E-state index in [4.69, 9.17) is 10.2 Å². The fourth-order valence-electron chi connectivity index (χ4n) is 2.01. The Labute approximate surface area is 93.6 Å². The Morgan fingerprint density at radius 3 is 2.00 bits per heavy atom. The molecule has 0 unspecified atom stereocenters. The fourth-order valence-corrected chi connectivity index (χ4v) is 5.23. The van der Waals surface area contributed by atoms with Crippen molar-refractivity contribution in [1.29, 1.82) is 0 Å². The summed E-state index contributed by atoms with van der Waals surface area (Å²) in [5, 5.41) is 1.36. The molecule has 0 aromatic heterocycles. The highest BCUT2D eigenvalue weighted by molar-refractivity contribution is 6.86. The van der Waals surface area contributed by atoms with Gasteiger partial charge in [-0.15, -0.1) is 0 Å². The molecular weight excluding hydrogens is 202 g/mol. The molecule has 1 aromatic carbocycles. The normalized spacial score (nSPS) is 11.7. The average Bonchev–Trinajstić information content (AvgIpc) is 2.27. The molecule has 0 saturated heterocycles. The first-order valence-corrected chi connectivity index (χ1v) is 8.00. The Morgan fingerprint density at radius 2 is 1.60 bits per heavy atom. The maximum absolute atomic E-state index is 6.05. The number of nitrogens with two attached hydrogens (primary N) is 1. The van der Waals surface area contributed by atoms with E-state index in [1.54, 1.807) is 0 Å². The second-order valence-electron chi connectivity index (χ2n) is 3.76. The number of rotatable bonds is 5. The van der Waals surface area contributed by atoms with Gasteiger partial charge in [0.25, 0.3) is 0 Å². The molecule has 2 nitrogen and oxygen atoms in total. The van der Waals surface area contributed by atoms with Gasteiger partial charge in [0, 0.05) is 12.3 Å². The summed E-state index contributed by atoms with van der Waals surface area (Å²) >= 11 is 0. The van der Waals surface area contributed by atoms with Gasteiger partial charge in [0.2, 0.25) is 8.32 Å².